The Balaban J connectivity index is 1.72. The number of nitrogens with one attached hydrogen (secondary N) is 1. The summed E-state index contributed by atoms with van der Waals surface area (Å²) in [6, 6.07) is -0.627. The van der Waals surface area contributed by atoms with Crippen molar-refractivity contribution in [1.82, 2.24) is 29.9 Å². The number of hydrogen-bond acceptors (Lipinski definition) is 4. The third-order valence-electron chi connectivity index (χ3n) is 4.57. The molecule has 24 heavy (non-hydrogen) atoms. The van der Waals surface area contributed by atoms with E-state index in [0.717, 1.165) is 31.6 Å². The number of aromatic nitrogens is 3. The standard InChI is InChI=1S/C15H23FN6O2/c1-20(2)15(24)17-8-11-7-10(16)9-22(11)14(23)13-19-18-12-5-3-4-6-21(12)13/h10-11H,3-9H2,1-2H3,(H,17,24)/t10-,11-/m0/s1. The monoisotopic (exact) mass is 338 g/mol. The van der Waals surface area contributed by atoms with Crippen LogP contribution in [0.3, 0.4) is 0 Å². The summed E-state index contributed by atoms with van der Waals surface area (Å²) >= 11 is 0. The zero-order valence-electron chi connectivity index (χ0n) is 14.0. The van der Waals surface area contributed by atoms with E-state index in [0.29, 0.717) is 0 Å². The van der Waals surface area contributed by atoms with E-state index in [1.54, 1.807) is 14.1 Å². The van der Waals surface area contributed by atoms with Gasteiger partial charge in [0.1, 0.15) is 12.0 Å². The number of rotatable bonds is 3. The van der Waals surface area contributed by atoms with Gasteiger partial charge in [0.25, 0.3) is 5.91 Å². The van der Waals surface area contributed by atoms with Crippen LogP contribution in [0.15, 0.2) is 0 Å². The number of fused-ring (bicyclic) bond motifs is 1. The molecule has 0 radical (unpaired) electrons. The summed E-state index contributed by atoms with van der Waals surface area (Å²) < 4.78 is 15.7. The van der Waals surface area contributed by atoms with Gasteiger partial charge in [-0.25, -0.2) is 9.18 Å². The molecule has 9 heteroatoms. The van der Waals surface area contributed by atoms with E-state index in [1.807, 2.05) is 4.57 Å². The Hall–Kier alpha value is -2.19. The summed E-state index contributed by atoms with van der Waals surface area (Å²) in [6.45, 7) is 0.978. The lowest BCUT2D eigenvalue weighted by molar-refractivity contribution is 0.0709. The molecule has 0 spiro atoms. The first kappa shape index (κ1) is 16.7. The van der Waals surface area contributed by atoms with Crippen molar-refractivity contribution >= 4 is 11.9 Å². The molecule has 1 aromatic rings. The van der Waals surface area contributed by atoms with Crippen LogP contribution in [0.5, 0.6) is 0 Å². The zero-order valence-corrected chi connectivity index (χ0v) is 14.0. The number of alkyl halides is 1. The summed E-state index contributed by atoms with van der Waals surface area (Å²) in [5.41, 5.74) is 0. The molecule has 1 saturated heterocycles. The lowest BCUT2D eigenvalue weighted by Gasteiger charge is -2.25. The molecule has 132 valence electrons. The van der Waals surface area contributed by atoms with E-state index in [1.165, 1.54) is 9.80 Å². The van der Waals surface area contributed by atoms with Crippen LogP contribution in [0.1, 0.15) is 35.7 Å². The maximum atomic E-state index is 13.9. The Labute approximate surface area is 140 Å². The van der Waals surface area contributed by atoms with Gasteiger partial charge in [-0.3, -0.25) is 4.79 Å². The van der Waals surface area contributed by atoms with E-state index >= 15 is 0 Å². The number of carbonyl (C=O) groups is 2. The number of hydrogen-bond donors (Lipinski definition) is 1. The van der Waals surface area contributed by atoms with Gasteiger partial charge in [0, 0.05) is 40.0 Å². The van der Waals surface area contributed by atoms with Crippen LogP contribution in [0.25, 0.3) is 0 Å². The molecule has 2 aliphatic rings. The molecular weight excluding hydrogens is 315 g/mol. The average molecular weight is 338 g/mol. The van der Waals surface area contributed by atoms with Crippen molar-refractivity contribution in [3.8, 4) is 0 Å². The summed E-state index contributed by atoms with van der Waals surface area (Å²) in [6.07, 6.45) is 1.98. The molecule has 0 saturated carbocycles. The molecule has 0 unspecified atom stereocenters. The Morgan fingerprint density at radius 1 is 1.33 bits per heavy atom. The number of aryl methyl sites for hydroxylation is 1. The van der Waals surface area contributed by atoms with E-state index < -0.39 is 6.17 Å². The van der Waals surface area contributed by atoms with Crippen LogP contribution in [0.4, 0.5) is 9.18 Å². The van der Waals surface area contributed by atoms with Gasteiger partial charge in [0.05, 0.1) is 12.6 Å². The summed E-state index contributed by atoms with van der Waals surface area (Å²) in [5.74, 6) is 0.792. The second-order valence-electron chi connectivity index (χ2n) is 6.57. The van der Waals surface area contributed by atoms with Crippen molar-refractivity contribution in [2.75, 3.05) is 27.2 Å². The molecule has 3 heterocycles. The zero-order chi connectivity index (χ0) is 17.3. The molecule has 0 bridgehead atoms. The molecule has 0 aliphatic carbocycles. The second-order valence-corrected chi connectivity index (χ2v) is 6.57. The van der Waals surface area contributed by atoms with Crippen LogP contribution >= 0.6 is 0 Å². The lowest BCUT2D eigenvalue weighted by atomic mass is 10.1. The van der Waals surface area contributed by atoms with Gasteiger partial charge in [-0.1, -0.05) is 0 Å². The molecule has 3 amide bonds. The summed E-state index contributed by atoms with van der Waals surface area (Å²) in [7, 11) is 3.26. The molecular formula is C15H23FN6O2. The third kappa shape index (κ3) is 3.20. The van der Waals surface area contributed by atoms with Crippen molar-refractivity contribution < 1.29 is 14.0 Å². The van der Waals surface area contributed by atoms with Crippen molar-refractivity contribution in [2.24, 2.45) is 0 Å². The average Bonchev–Trinajstić information content (AvgIpc) is 3.15. The molecule has 1 fully saturated rings. The minimum absolute atomic E-state index is 0.0313. The normalized spacial score (nSPS) is 23.0. The highest BCUT2D eigenvalue weighted by atomic mass is 19.1. The van der Waals surface area contributed by atoms with E-state index in [2.05, 4.69) is 15.5 Å². The molecule has 1 aromatic heterocycles. The smallest absolute Gasteiger partial charge is 0.316 e. The van der Waals surface area contributed by atoms with Gasteiger partial charge < -0.3 is 19.7 Å². The fourth-order valence-corrected chi connectivity index (χ4v) is 3.26. The Bertz CT molecular complexity index is 631. The first-order valence-electron chi connectivity index (χ1n) is 8.29. The Kier molecular flexibility index (Phi) is 4.68. The Morgan fingerprint density at radius 2 is 2.12 bits per heavy atom. The van der Waals surface area contributed by atoms with Gasteiger partial charge >= 0.3 is 6.03 Å². The first-order valence-corrected chi connectivity index (χ1v) is 8.29. The molecule has 8 nitrogen and oxygen atoms in total. The van der Waals surface area contributed by atoms with Gasteiger partial charge in [-0.2, -0.15) is 0 Å². The van der Waals surface area contributed by atoms with E-state index in [-0.39, 0.29) is 43.3 Å². The quantitative estimate of drug-likeness (QED) is 0.867. The second kappa shape index (κ2) is 6.74. The van der Waals surface area contributed by atoms with Crippen LogP contribution in [-0.2, 0) is 13.0 Å². The molecule has 3 rings (SSSR count). The maximum Gasteiger partial charge on any atom is 0.316 e. The topological polar surface area (TPSA) is 83.4 Å². The van der Waals surface area contributed by atoms with Crippen molar-refractivity contribution in [2.45, 2.75) is 44.4 Å². The molecule has 0 aromatic carbocycles. The summed E-state index contributed by atoms with van der Waals surface area (Å²) in [5, 5.41) is 10.8. The minimum atomic E-state index is -1.08. The highest BCUT2D eigenvalue weighted by molar-refractivity contribution is 5.91. The van der Waals surface area contributed by atoms with Crippen LogP contribution in [-0.4, -0.2) is 75.9 Å². The summed E-state index contributed by atoms with van der Waals surface area (Å²) in [4.78, 5) is 27.4. The number of nitrogens with zero attached hydrogens (tertiary/aromatic N) is 5. The van der Waals surface area contributed by atoms with Crippen molar-refractivity contribution in [3.05, 3.63) is 11.6 Å². The number of amides is 3. The van der Waals surface area contributed by atoms with Crippen LogP contribution in [0, 0.1) is 0 Å². The number of carbonyl (C=O) groups excluding carboxylic acids is 2. The molecule has 1 N–H and O–H groups in total. The van der Waals surface area contributed by atoms with Gasteiger partial charge in [0.2, 0.25) is 5.82 Å². The minimum Gasteiger partial charge on any atom is -0.336 e. The highest BCUT2D eigenvalue weighted by Gasteiger charge is 2.38. The lowest BCUT2D eigenvalue weighted by Crippen LogP contribution is -2.46. The number of urea groups is 1. The van der Waals surface area contributed by atoms with Gasteiger partial charge in [-0.05, 0) is 12.8 Å². The fraction of sp³-hybridized carbons (Fsp3) is 0.733. The van der Waals surface area contributed by atoms with Gasteiger partial charge in [0.15, 0.2) is 0 Å². The SMILES string of the molecule is CN(C)C(=O)NC[C@@H]1C[C@H](F)CN1C(=O)c1nnc2n1CCCC2. The molecule has 2 aliphatic heterocycles. The first-order chi connectivity index (χ1) is 11.5. The van der Waals surface area contributed by atoms with Crippen LogP contribution in [0.2, 0.25) is 0 Å². The predicted octanol–water partition coefficient (Wildman–Crippen LogP) is 0.438. The third-order valence-corrected chi connectivity index (χ3v) is 4.57. The van der Waals surface area contributed by atoms with Crippen molar-refractivity contribution in [3.63, 3.8) is 0 Å². The fourth-order valence-electron chi connectivity index (χ4n) is 3.26. The van der Waals surface area contributed by atoms with Gasteiger partial charge in [-0.15, -0.1) is 10.2 Å². The molecule has 2 atom stereocenters. The Morgan fingerprint density at radius 3 is 2.88 bits per heavy atom. The number of likely N-dealkylation sites (tertiary alicyclic amines) is 1. The number of halogens is 1. The maximum absolute atomic E-state index is 13.9. The van der Waals surface area contributed by atoms with Crippen molar-refractivity contribution in [1.29, 1.82) is 0 Å². The predicted molar refractivity (Wildman–Crippen MR) is 84.4 cm³/mol. The largest absolute Gasteiger partial charge is 0.336 e. The van der Waals surface area contributed by atoms with Crippen LogP contribution < -0.4 is 5.32 Å². The highest BCUT2D eigenvalue weighted by Crippen LogP contribution is 2.23. The van der Waals surface area contributed by atoms with E-state index in [4.69, 9.17) is 0 Å². The van der Waals surface area contributed by atoms with E-state index in [9.17, 15) is 14.0 Å².